The highest BCUT2D eigenvalue weighted by Gasteiger charge is 2.20. The van der Waals surface area contributed by atoms with E-state index in [1.165, 1.54) is 0 Å². The van der Waals surface area contributed by atoms with Crippen molar-refractivity contribution in [1.29, 1.82) is 0 Å². The molecule has 0 heterocycles. The van der Waals surface area contributed by atoms with Crippen LogP contribution in [0.2, 0.25) is 0 Å². The fourth-order valence-electron chi connectivity index (χ4n) is 0.632. The third kappa shape index (κ3) is 130. The minimum Gasteiger partial charge on any atom is -0.481 e. The van der Waals surface area contributed by atoms with Crippen LogP contribution in [0.25, 0.3) is 0 Å². The summed E-state index contributed by atoms with van der Waals surface area (Å²) in [5, 5.41) is 29.7. The van der Waals surface area contributed by atoms with Crippen LogP contribution in [0, 0.1) is 0 Å². The van der Waals surface area contributed by atoms with Gasteiger partial charge in [-0.15, -0.1) is 0 Å². The summed E-state index contributed by atoms with van der Waals surface area (Å²) in [4.78, 5) is 35.9. The summed E-state index contributed by atoms with van der Waals surface area (Å²) < 4.78 is 1.91. The van der Waals surface area contributed by atoms with Gasteiger partial charge in [-0.1, -0.05) is 12.8 Å². The Bertz CT molecular complexity index is 318. The lowest BCUT2D eigenvalue weighted by atomic mass is 10.3. The Kier molecular flexibility index (Phi) is 28.6. The molecule has 152 valence electrons. The average molecular weight is 406 g/mol. The second-order valence-corrected chi connectivity index (χ2v) is 6.53. The standard InChI is InChI=1S/C6H15NS2.4C2H4O2/c1-5(2)7(9)6(3,4)8;4*1-2(3)4/h5,8-9H,1-4H3;4*1H3,(H,3,4). The molecule has 0 spiro atoms. The predicted molar refractivity (Wildman–Crippen MR) is 102 cm³/mol. The zero-order valence-corrected chi connectivity index (χ0v) is 17.6. The molecule has 0 aromatic rings. The number of rotatable bonds is 2. The maximum Gasteiger partial charge on any atom is 0.300 e. The molecule has 4 N–H and O–H groups in total. The first-order valence-electron chi connectivity index (χ1n) is 6.77. The van der Waals surface area contributed by atoms with Crippen LogP contribution in [-0.4, -0.2) is 59.5 Å². The van der Waals surface area contributed by atoms with Crippen molar-refractivity contribution in [2.75, 3.05) is 0 Å². The smallest absolute Gasteiger partial charge is 0.300 e. The highest BCUT2D eigenvalue weighted by atomic mass is 32.1. The van der Waals surface area contributed by atoms with E-state index in [-0.39, 0.29) is 4.87 Å². The van der Waals surface area contributed by atoms with Crippen LogP contribution in [0.15, 0.2) is 0 Å². The third-order valence-corrected chi connectivity index (χ3v) is 2.38. The number of nitrogens with zero attached hydrogens (tertiary/aromatic N) is 1. The summed E-state index contributed by atoms with van der Waals surface area (Å²) in [6, 6.07) is 0.431. The fraction of sp³-hybridized carbons (Fsp3) is 0.714. The number of aliphatic carboxylic acids is 4. The van der Waals surface area contributed by atoms with Gasteiger partial charge in [0.05, 0.1) is 4.87 Å². The average Bonchev–Trinajstić information content (AvgIpc) is 2.22. The Balaban J connectivity index is -0.0000000714. The van der Waals surface area contributed by atoms with E-state index in [2.05, 4.69) is 39.3 Å². The van der Waals surface area contributed by atoms with Crippen molar-refractivity contribution >= 4 is 49.3 Å². The molecule has 0 bridgehead atoms. The second-order valence-electron chi connectivity index (χ2n) is 5.01. The molecule has 0 fully saturated rings. The molecule has 9 nitrogen and oxygen atoms in total. The van der Waals surface area contributed by atoms with E-state index in [0.717, 1.165) is 27.7 Å². The van der Waals surface area contributed by atoms with Crippen LogP contribution in [0.4, 0.5) is 0 Å². The first kappa shape index (κ1) is 34.8. The zero-order valence-electron chi connectivity index (χ0n) is 15.8. The molecule has 0 saturated heterocycles. The normalized spacial score (nSPS) is 8.80. The lowest BCUT2D eigenvalue weighted by Gasteiger charge is -2.32. The molecule has 0 aromatic heterocycles. The Hall–Kier alpha value is -1.46. The van der Waals surface area contributed by atoms with E-state index in [0.29, 0.717) is 6.04 Å². The summed E-state index contributed by atoms with van der Waals surface area (Å²) >= 11 is 8.60. The molecule has 0 aliphatic rings. The van der Waals surface area contributed by atoms with Crippen molar-refractivity contribution in [1.82, 2.24) is 4.31 Å². The van der Waals surface area contributed by atoms with Gasteiger partial charge in [-0.2, -0.15) is 12.6 Å². The lowest BCUT2D eigenvalue weighted by Crippen LogP contribution is -2.36. The Morgan fingerprint density at radius 1 is 0.760 bits per heavy atom. The molecular formula is C14H31NO8S2. The van der Waals surface area contributed by atoms with Crippen molar-refractivity contribution < 1.29 is 39.6 Å². The molecule has 0 radical (unpaired) electrons. The number of carbonyl (C=O) groups is 4. The summed E-state index contributed by atoms with van der Waals surface area (Å²) in [6.07, 6.45) is 0. The van der Waals surface area contributed by atoms with E-state index in [1.807, 2.05) is 18.2 Å². The quantitative estimate of drug-likeness (QED) is 0.300. The van der Waals surface area contributed by atoms with E-state index < -0.39 is 23.9 Å². The zero-order chi connectivity index (χ0) is 22.0. The number of hydrogen-bond donors (Lipinski definition) is 6. The van der Waals surface area contributed by atoms with E-state index in [9.17, 15) is 0 Å². The molecule has 0 atom stereocenters. The molecule has 11 heteroatoms. The Morgan fingerprint density at radius 3 is 0.880 bits per heavy atom. The van der Waals surface area contributed by atoms with Gasteiger partial charge < -0.3 is 20.4 Å². The molecule has 0 amide bonds. The van der Waals surface area contributed by atoms with Crippen LogP contribution in [0.5, 0.6) is 0 Å². The summed E-state index contributed by atoms with van der Waals surface area (Å²) in [5.74, 6) is -3.33. The monoisotopic (exact) mass is 405 g/mol. The van der Waals surface area contributed by atoms with Crippen molar-refractivity contribution in [3.63, 3.8) is 0 Å². The van der Waals surface area contributed by atoms with Gasteiger partial charge in [-0.25, -0.2) is 4.31 Å². The molecule has 0 rings (SSSR count). The van der Waals surface area contributed by atoms with Crippen LogP contribution < -0.4 is 0 Å². The minimum absolute atomic E-state index is 0.128. The summed E-state index contributed by atoms with van der Waals surface area (Å²) in [5.41, 5.74) is 0. The fourth-order valence-corrected chi connectivity index (χ4v) is 0.863. The van der Waals surface area contributed by atoms with Gasteiger partial charge in [-0.05, 0) is 27.7 Å². The van der Waals surface area contributed by atoms with Crippen molar-refractivity contribution in [3.8, 4) is 0 Å². The third-order valence-electron chi connectivity index (χ3n) is 1.05. The highest BCUT2D eigenvalue weighted by Crippen LogP contribution is 2.22. The van der Waals surface area contributed by atoms with Crippen LogP contribution in [0.3, 0.4) is 0 Å². The molecule has 0 unspecified atom stereocenters. The molecular weight excluding hydrogens is 374 g/mol. The van der Waals surface area contributed by atoms with E-state index in [1.54, 1.807) is 0 Å². The molecule has 25 heavy (non-hydrogen) atoms. The number of carboxylic acids is 4. The SMILES string of the molecule is CC(=O)O.CC(=O)O.CC(=O)O.CC(=O)O.CC(C)N(S)C(C)(C)S. The first-order valence-corrected chi connectivity index (χ1v) is 7.62. The van der Waals surface area contributed by atoms with Crippen molar-refractivity contribution in [2.24, 2.45) is 0 Å². The second kappa shape index (κ2) is 20.6. The van der Waals surface area contributed by atoms with Gasteiger partial charge in [0.2, 0.25) is 0 Å². The van der Waals surface area contributed by atoms with Gasteiger partial charge in [-0.3, -0.25) is 19.2 Å². The van der Waals surface area contributed by atoms with Crippen molar-refractivity contribution in [3.05, 3.63) is 0 Å². The van der Waals surface area contributed by atoms with Crippen LogP contribution >= 0.6 is 25.4 Å². The number of thiol groups is 2. The van der Waals surface area contributed by atoms with Gasteiger partial charge in [0.25, 0.3) is 23.9 Å². The first-order chi connectivity index (χ1) is 10.8. The van der Waals surface area contributed by atoms with Crippen LogP contribution in [-0.2, 0) is 19.2 Å². The molecule has 0 saturated carbocycles. The van der Waals surface area contributed by atoms with Gasteiger partial charge in [0.1, 0.15) is 0 Å². The van der Waals surface area contributed by atoms with Gasteiger partial charge in [0, 0.05) is 33.7 Å². The van der Waals surface area contributed by atoms with E-state index in [4.69, 9.17) is 39.6 Å². The van der Waals surface area contributed by atoms with Crippen molar-refractivity contribution in [2.45, 2.75) is 66.3 Å². The molecule has 0 aliphatic heterocycles. The van der Waals surface area contributed by atoms with Gasteiger partial charge in [0.15, 0.2) is 0 Å². The Morgan fingerprint density at radius 2 is 0.880 bits per heavy atom. The van der Waals surface area contributed by atoms with Crippen LogP contribution in [0.1, 0.15) is 55.4 Å². The summed E-state index contributed by atoms with van der Waals surface area (Å²) in [7, 11) is 0. The van der Waals surface area contributed by atoms with Gasteiger partial charge >= 0.3 is 0 Å². The number of hydrogen-bond acceptors (Lipinski definition) is 7. The topological polar surface area (TPSA) is 152 Å². The largest absolute Gasteiger partial charge is 0.481 e. The highest BCUT2D eigenvalue weighted by molar-refractivity contribution is 7.84. The predicted octanol–water partition coefficient (Wildman–Crippen LogP) is 2.57. The number of carboxylic acid groups (broad SMARTS) is 4. The lowest BCUT2D eigenvalue weighted by molar-refractivity contribution is -0.135. The van der Waals surface area contributed by atoms with E-state index >= 15 is 0 Å². The molecule has 0 aromatic carbocycles. The molecule has 0 aliphatic carbocycles. The minimum atomic E-state index is -0.833. The Labute approximate surface area is 160 Å². The summed E-state index contributed by atoms with van der Waals surface area (Å²) in [6.45, 7) is 12.5. The maximum absolute atomic E-state index is 9.00. The maximum atomic E-state index is 9.00.